The second-order valence-corrected chi connectivity index (χ2v) is 4.71. The van der Waals surface area contributed by atoms with Crippen LogP contribution in [0.2, 0.25) is 0 Å². The van der Waals surface area contributed by atoms with Crippen LogP contribution in [0.25, 0.3) is 0 Å². The van der Waals surface area contributed by atoms with Crippen molar-refractivity contribution in [2.24, 2.45) is 5.92 Å². The van der Waals surface area contributed by atoms with Gasteiger partial charge in [-0.2, -0.15) is 0 Å². The van der Waals surface area contributed by atoms with E-state index >= 15 is 0 Å². The molecule has 0 bridgehead atoms. The standard InChI is InChI=1S/C14H19FO3/c1-10(2)4-3-7-18-9-11-5-6-12(14(16)17)13(15)8-11/h5-6,8,10H,3-4,7,9H2,1-2H3,(H,16,17). The van der Waals surface area contributed by atoms with Crippen molar-refractivity contribution in [3.63, 3.8) is 0 Å². The second kappa shape index (κ2) is 7.11. The smallest absolute Gasteiger partial charge is 0.338 e. The monoisotopic (exact) mass is 254 g/mol. The average molecular weight is 254 g/mol. The maximum Gasteiger partial charge on any atom is 0.338 e. The second-order valence-electron chi connectivity index (χ2n) is 4.71. The third-order valence-electron chi connectivity index (χ3n) is 2.60. The third kappa shape index (κ3) is 4.84. The SMILES string of the molecule is CC(C)CCCOCc1ccc(C(=O)O)c(F)c1. The Balaban J connectivity index is 2.39. The Morgan fingerprint density at radius 2 is 2.17 bits per heavy atom. The molecule has 3 nitrogen and oxygen atoms in total. The van der Waals surface area contributed by atoms with Gasteiger partial charge in [-0.3, -0.25) is 0 Å². The lowest BCUT2D eigenvalue weighted by Crippen LogP contribution is -2.02. The first-order chi connectivity index (χ1) is 8.50. The van der Waals surface area contributed by atoms with Gasteiger partial charge in [-0.05, 0) is 36.5 Å². The Morgan fingerprint density at radius 1 is 1.44 bits per heavy atom. The van der Waals surface area contributed by atoms with Gasteiger partial charge in [0.2, 0.25) is 0 Å². The minimum atomic E-state index is -1.25. The van der Waals surface area contributed by atoms with E-state index in [2.05, 4.69) is 13.8 Å². The molecule has 100 valence electrons. The Labute approximate surface area is 107 Å². The number of halogens is 1. The number of benzene rings is 1. The summed E-state index contributed by atoms with van der Waals surface area (Å²) in [7, 11) is 0. The molecule has 0 saturated carbocycles. The highest BCUT2D eigenvalue weighted by atomic mass is 19.1. The quantitative estimate of drug-likeness (QED) is 0.758. The van der Waals surface area contributed by atoms with Crippen molar-refractivity contribution in [3.8, 4) is 0 Å². The van der Waals surface area contributed by atoms with Gasteiger partial charge < -0.3 is 9.84 Å². The number of carboxylic acid groups (broad SMARTS) is 1. The van der Waals surface area contributed by atoms with Crippen LogP contribution in [0.5, 0.6) is 0 Å². The molecule has 1 N–H and O–H groups in total. The predicted molar refractivity (Wildman–Crippen MR) is 67.1 cm³/mol. The molecule has 0 radical (unpaired) electrons. The van der Waals surface area contributed by atoms with Gasteiger partial charge in [0.15, 0.2) is 0 Å². The Kier molecular flexibility index (Phi) is 5.78. The molecule has 0 aliphatic rings. The summed E-state index contributed by atoms with van der Waals surface area (Å²) < 4.78 is 18.8. The number of hydrogen-bond acceptors (Lipinski definition) is 2. The summed E-state index contributed by atoms with van der Waals surface area (Å²) in [5.74, 6) is -1.32. The van der Waals surface area contributed by atoms with Crippen molar-refractivity contribution in [2.45, 2.75) is 33.3 Å². The summed E-state index contributed by atoms with van der Waals surface area (Å²) in [5, 5.41) is 8.68. The van der Waals surface area contributed by atoms with Crippen LogP contribution in [0.15, 0.2) is 18.2 Å². The highest BCUT2D eigenvalue weighted by molar-refractivity contribution is 5.87. The molecule has 1 aromatic carbocycles. The van der Waals surface area contributed by atoms with Crippen molar-refractivity contribution in [3.05, 3.63) is 35.1 Å². The number of hydrogen-bond donors (Lipinski definition) is 1. The number of ether oxygens (including phenoxy) is 1. The minimum absolute atomic E-state index is 0.307. The van der Waals surface area contributed by atoms with E-state index < -0.39 is 11.8 Å². The van der Waals surface area contributed by atoms with Gasteiger partial charge >= 0.3 is 5.97 Å². The molecule has 0 aliphatic carbocycles. The summed E-state index contributed by atoms with van der Waals surface area (Å²) in [5.41, 5.74) is 0.348. The summed E-state index contributed by atoms with van der Waals surface area (Å²) >= 11 is 0. The van der Waals surface area contributed by atoms with E-state index in [1.165, 1.54) is 12.1 Å². The molecule has 0 atom stereocenters. The summed E-state index contributed by atoms with van der Waals surface area (Å²) in [6.45, 7) is 5.26. The molecule has 18 heavy (non-hydrogen) atoms. The summed E-state index contributed by atoms with van der Waals surface area (Å²) in [6, 6.07) is 4.06. The van der Waals surface area contributed by atoms with Gasteiger partial charge in [0, 0.05) is 6.61 Å². The Morgan fingerprint density at radius 3 is 2.72 bits per heavy atom. The molecular weight excluding hydrogens is 235 g/mol. The normalized spacial score (nSPS) is 10.9. The first-order valence-corrected chi connectivity index (χ1v) is 6.10. The van der Waals surface area contributed by atoms with Crippen molar-refractivity contribution in [2.75, 3.05) is 6.61 Å². The molecule has 0 aliphatic heterocycles. The third-order valence-corrected chi connectivity index (χ3v) is 2.60. The lowest BCUT2D eigenvalue weighted by atomic mass is 10.1. The van der Waals surface area contributed by atoms with Gasteiger partial charge in [-0.15, -0.1) is 0 Å². The van der Waals surface area contributed by atoms with Crippen LogP contribution < -0.4 is 0 Å². The van der Waals surface area contributed by atoms with E-state index in [-0.39, 0.29) is 5.56 Å². The maximum atomic E-state index is 13.3. The number of carbonyl (C=O) groups is 1. The molecule has 0 heterocycles. The molecular formula is C14H19FO3. The molecule has 0 saturated heterocycles. The fraction of sp³-hybridized carbons (Fsp3) is 0.500. The zero-order valence-corrected chi connectivity index (χ0v) is 10.8. The zero-order chi connectivity index (χ0) is 13.5. The van der Waals surface area contributed by atoms with Crippen LogP contribution in [0.3, 0.4) is 0 Å². The van der Waals surface area contributed by atoms with Crippen LogP contribution >= 0.6 is 0 Å². The first kappa shape index (κ1) is 14.6. The van der Waals surface area contributed by atoms with Gasteiger partial charge in [0.1, 0.15) is 5.82 Å². The molecule has 0 unspecified atom stereocenters. The van der Waals surface area contributed by atoms with E-state index in [1.54, 1.807) is 6.07 Å². The molecule has 0 aromatic heterocycles. The number of carboxylic acids is 1. The van der Waals surface area contributed by atoms with E-state index in [0.29, 0.717) is 24.7 Å². The average Bonchev–Trinajstić information content (AvgIpc) is 2.27. The maximum absolute atomic E-state index is 13.3. The molecule has 1 rings (SSSR count). The van der Waals surface area contributed by atoms with Crippen LogP contribution in [-0.2, 0) is 11.3 Å². The molecule has 0 spiro atoms. The van der Waals surface area contributed by atoms with E-state index in [4.69, 9.17) is 9.84 Å². The first-order valence-electron chi connectivity index (χ1n) is 6.10. The Hall–Kier alpha value is -1.42. The van der Waals surface area contributed by atoms with Crippen molar-refractivity contribution >= 4 is 5.97 Å². The van der Waals surface area contributed by atoms with Crippen molar-refractivity contribution < 1.29 is 19.0 Å². The summed E-state index contributed by atoms with van der Waals surface area (Å²) in [4.78, 5) is 10.6. The molecule has 0 amide bonds. The largest absolute Gasteiger partial charge is 0.478 e. The minimum Gasteiger partial charge on any atom is -0.478 e. The lowest BCUT2D eigenvalue weighted by molar-refractivity contribution is 0.0691. The lowest BCUT2D eigenvalue weighted by Gasteiger charge is -2.07. The van der Waals surface area contributed by atoms with E-state index in [1.807, 2.05) is 0 Å². The zero-order valence-electron chi connectivity index (χ0n) is 10.8. The van der Waals surface area contributed by atoms with Crippen molar-refractivity contribution in [1.82, 2.24) is 0 Å². The molecule has 0 fully saturated rings. The fourth-order valence-electron chi connectivity index (χ4n) is 1.61. The van der Waals surface area contributed by atoms with Crippen molar-refractivity contribution in [1.29, 1.82) is 0 Å². The number of rotatable bonds is 7. The number of aromatic carboxylic acids is 1. The summed E-state index contributed by atoms with van der Waals surface area (Å²) in [6.07, 6.45) is 2.08. The van der Waals surface area contributed by atoms with Gasteiger partial charge in [-0.1, -0.05) is 19.9 Å². The van der Waals surface area contributed by atoms with E-state index in [9.17, 15) is 9.18 Å². The van der Waals surface area contributed by atoms with Gasteiger partial charge in [0.25, 0.3) is 0 Å². The van der Waals surface area contributed by atoms with Crippen LogP contribution in [0.4, 0.5) is 4.39 Å². The molecule has 4 heteroatoms. The van der Waals surface area contributed by atoms with Crippen LogP contribution in [0.1, 0.15) is 42.6 Å². The predicted octanol–water partition coefficient (Wildman–Crippen LogP) is 3.48. The van der Waals surface area contributed by atoms with Crippen LogP contribution in [0, 0.1) is 11.7 Å². The molecule has 1 aromatic rings. The Bertz CT molecular complexity index is 402. The van der Waals surface area contributed by atoms with Crippen LogP contribution in [-0.4, -0.2) is 17.7 Å². The van der Waals surface area contributed by atoms with Gasteiger partial charge in [-0.25, -0.2) is 9.18 Å². The topological polar surface area (TPSA) is 46.5 Å². The van der Waals surface area contributed by atoms with E-state index in [0.717, 1.165) is 12.8 Å². The fourth-order valence-corrected chi connectivity index (χ4v) is 1.61. The highest BCUT2D eigenvalue weighted by Crippen LogP contribution is 2.12. The van der Waals surface area contributed by atoms with Gasteiger partial charge in [0.05, 0.1) is 12.2 Å². The highest BCUT2D eigenvalue weighted by Gasteiger charge is 2.10.